The number of imide groups is 1. The summed E-state index contributed by atoms with van der Waals surface area (Å²) >= 11 is 0. The largest absolute Gasteiger partial charge is 0.322 e. The molecule has 2 saturated heterocycles. The molecule has 0 saturated carbocycles. The molecule has 2 atom stereocenters. The normalized spacial score (nSPS) is 25.5. The summed E-state index contributed by atoms with van der Waals surface area (Å²) in [5.41, 5.74) is 2.76. The number of benzene rings is 1. The van der Waals surface area contributed by atoms with E-state index in [0.717, 1.165) is 30.8 Å². The molecule has 0 aromatic heterocycles. The van der Waals surface area contributed by atoms with Crippen LogP contribution < -0.4 is 16.0 Å². The molecule has 0 spiro atoms. The van der Waals surface area contributed by atoms with E-state index in [1.54, 1.807) is 4.90 Å². The Hall–Kier alpha value is -2.25. The van der Waals surface area contributed by atoms with Crippen LogP contribution in [0.1, 0.15) is 47.2 Å². The summed E-state index contributed by atoms with van der Waals surface area (Å²) in [6, 6.07) is 5.87. The molecule has 0 bridgehead atoms. The number of rotatable bonds is 5. The van der Waals surface area contributed by atoms with Gasteiger partial charge in [0.25, 0.3) is 5.91 Å². The van der Waals surface area contributed by atoms with Crippen molar-refractivity contribution in [1.82, 2.24) is 20.9 Å². The van der Waals surface area contributed by atoms with Gasteiger partial charge < -0.3 is 15.5 Å². The maximum Gasteiger partial charge on any atom is 0.255 e. The average molecular weight is 356 g/mol. The first kappa shape index (κ1) is 17.2. The molecule has 1 unspecified atom stereocenters. The van der Waals surface area contributed by atoms with Gasteiger partial charge in [-0.15, -0.1) is 0 Å². The van der Waals surface area contributed by atoms with Gasteiger partial charge in [0.1, 0.15) is 6.04 Å². The van der Waals surface area contributed by atoms with Crippen molar-refractivity contribution in [3.63, 3.8) is 0 Å². The number of fused-ring (bicyclic) bond motifs is 1. The molecule has 3 heterocycles. The van der Waals surface area contributed by atoms with E-state index in [2.05, 4.69) is 16.0 Å². The summed E-state index contributed by atoms with van der Waals surface area (Å²) in [6.07, 6.45) is 3.13. The van der Waals surface area contributed by atoms with Crippen LogP contribution in [0.5, 0.6) is 0 Å². The predicted octanol–water partition coefficient (Wildman–Crippen LogP) is 0.289. The first-order valence-electron chi connectivity index (χ1n) is 9.32. The lowest BCUT2D eigenvalue weighted by molar-refractivity contribution is -0.136. The third-order valence-corrected chi connectivity index (χ3v) is 5.47. The second-order valence-corrected chi connectivity index (χ2v) is 7.32. The van der Waals surface area contributed by atoms with Crippen LogP contribution in [0.4, 0.5) is 0 Å². The number of amides is 3. The van der Waals surface area contributed by atoms with E-state index < -0.39 is 6.04 Å². The van der Waals surface area contributed by atoms with Gasteiger partial charge in [-0.2, -0.15) is 0 Å². The second kappa shape index (κ2) is 7.17. The Kier molecular flexibility index (Phi) is 4.74. The molecule has 7 nitrogen and oxygen atoms in total. The minimum absolute atomic E-state index is 0.121. The monoisotopic (exact) mass is 356 g/mol. The molecule has 1 aromatic rings. The molecule has 4 rings (SSSR count). The summed E-state index contributed by atoms with van der Waals surface area (Å²) < 4.78 is 0. The standard InChI is InChI=1S/C19H24N4O3/c24-17-6-5-16(18(25)22-17)23-11-13-8-12(3-4-15(13)19(23)26)9-20-10-14-2-1-7-21-14/h3-4,8,14,16,20-21H,1-2,5-7,9-11H2,(H,22,24,25)/t14-,16?/m0/s1. The van der Waals surface area contributed by atoms with Crippen molar-refractivity contribution < 1.29 is 14.4 Å². The van der Waals surface area contributed by atoms with Gasteiger partial charge in [-0.25, -0.2) is 0 Å². The van der Waals surface area contributed by atoms with Crippen molar-refractivity contribution in [3.05, 3.63) is 34.9 Å². The second-order valence-electron chi connectivity index (χ2n) is 7.32. The Labute approximate surface area is 152 Å². The van der Waals surface area contributed by atoms with Gasteiger partial charge in [-0.3, -0.25) is 19.7 Å². The van der Waals surface area contributed by atoms with Gasteiger partial charge in [-0.1, -0.05) is 12.1 Å². The van der Waals surface area contributed by atoms with E-state index in [-0.39, 0.29) is 24.1 Å². The number of hydrogen-bond donors (Lipinski definition) is 3. The third kappa shape index (κ3) is 3.37. The highest BCUT2D eigenvalue weighted by molar-refractivity contribution is 6.05. The van der Waals surface area contributed by atoms with Crippen molar-refractivity contribution in [2.75, 3.05) is 13.1 Å². The number of carbonyl (C=O) groups is 3. The fourth-order valence-electron chi connectivity index (χ4n) is 4.06. The van der Waals surface area contributed by atoms with Crippen LogP contribution in [0.2, 0.25) is 0 Å². The Morgan fingerprint density at radius 3 is 2.85 bits per heavy atom. The van der Waals surface area contributed by atoms with Crippen LogP contribution in [-0.2, 0) is 22.7 Å². The Morgan fingerprint density at radius 1 is 1.19 bits per heavy atom. The van der Waals surface area contributed by atoms with Crippen LogP contribution in [0.15, 0.2) is 18.2 Å². The number of nitrogens with one attached hydrogen (secondary N) is 3. The molecule has 0 aliphatic carbocycles. The van der Waals surface area contributed by atoms with Crippen LogP contribution in [0.3, 0.4) is 0 Å². The molecule has 2 fully saturated rings. The summed E-state index contributed by atoms with van der Waals surface area (Å²) in [7, 11) is 0. The van der Waals surface area contributed by atoms with Gasteiger partial charge in [0.15, 0.2) is 0 Å². The van der Waals surface area contributed by atoms with Crippen molar-refractivity contribution >= 4 is 17.7 Å². The number of piperidine rings is 1. The minimum atomic E-state index is -0.553. The van der Waals surface area contributed by atoms with Gasteiger partial charge in [0, 0.05) is 37.7 Å². The summed E-state index contributed by atoms with van der Waals surface area (Å²) in [4.78, 5) is 37.7. The number of hydrogen-bond acceptors (Lipinski definition) is 5. The quantitative estimate of drug-likeness (QED) is 0.660. The molecule has 138 valence electrons. The SMILES string of the molecule is O=C1CCC(N2Cc3cc(CNC[C@@H]4CCCN4)ccc3C2=O)C(=O)N1. The molecular weight excluding hydrogens is 332 g/mol. The van der Waals surface area contributed by atoms with Crippen LogP contribution in [-0.4, -0.2) is 47.8 Å². The highest BCUT2D eigenvalue weighted by atomic mass is 16.2. The summed E-state index contributed by atoms with van der Waals surface area (Å²) in [5.74, 6) is -0.752. The topological polar surface area (TPSA) is 90.5 Å². The van der Waals surface area contributed by atoms with Gasteiger partial charge in [0.2, 0.25) is 11.8 Å². The first-order chi connectivity index (χ1) is 12.6. The zero-order valence-corrected chi connectivity index (χ0v) is 14.7. The van der Waals surface area contributed by atoms with E-state index in [1.165, 1.54) is 12.8 Å². The molecular formula is C19H24N4O3. The van der Waals surface area contributed by atoms with Crippen LogP contribution >= 0.6 is 0 Å². The van der Waals surface area contributed by atoms with Crippen molar-refractivity contribution in [2.45, 2.75) is 50.9 Å². The van der Waals surface area contributed by atoms with Crippen molar-refractivity contribution in [3.8, 4) is 0 Å². The highest BCUT2D eigenvalue weighted by Crippen LogP contribution is 2.28. The fraction of sp³-hybridized carbons (Fsp3) is 0.526. The average Bonchev–Trinajstić information content (AvgIpc) is 3.23. The first-order valence-corrected chi connectivity index (χ1v) is 9.32. The van der Waals surface area contributed by atoms with E-state index in [4.69, 9.17) is 0 Å². The van der Waals surface area contributed by atoms with Crippen LogP contribution in [0.25, 0.3) is 0 Å². The Balaban J connectivity index is 1.39. The maximum absolute atomic E-state index is 12.7. The van der Waals surface area contributed by atoms with Crippen LogP contribution in [0, 0.1) is 0 Å². The predicted molar refractivity (Wildman–Crippen MR) is 95.2 cm³/mol. The Bertz CT molecular complexity index is 742. The van der Waals surface area contributed by atoms with E-state index in [1.807, 2.05) is 18.2 Å². The maximum atomic E-state index is 12.7. The Morgan fingerprint density at radius 2 is 2.08 bits per heavy atom. The zero-order valence-electron chi connectivity index (χ0n) is 14.7. The molecule has 1 aromatic carbocycles. The summed E-state index contributed by atoms with van der Waals surface area (Å²) in [6.45, 7) is 3.23. The smallest absolute Gasteiger partial charge is 0.255 e. The van der Waals surface area contributed by atoms with E-state index in [9.17, 15) is 14.4 Å². The van der Waals surface area contributed by atoms with E-state index >= 15 is 0 Å². The molecule has 26 heavy (non-hydrogen) atoms. The number of nitrogens with zero attached hydrogens (tertiary/aromatic N) is 1. The molecule has 3 amide bonds. The van der Waals surface area contributed by atoms with Crippen molar-refractivity contribution in [1.29, 1.82) is 0 Å². The zero-order chi connectivity index (χ0) is 18.1. The molecule has 7 heteroatoms. The summed E-state index contributed by atoms with van der Waals surface area (Å²) in [5, 5.41) is 9.27. The molecule has 3 N–H and O–H groups in total. The highest BCUT2D eigenvalue weighted by Gasteiger charge is 2.38. The molecule has 3 aliphatic heterocycles. The van der Waals surface area contributed by atoms with E-state index in [0.29, 0.717) is 24.6 Å². The van der Waals surface area contributed by atoms with Crippen molar-refractivity contribution in [2.24, 2.45) is 0 Å². The lowest BCUT2D eigenvalue weighted by Gasteiger charge is -2.29. The molecule has 3 aliphatic rings. The van der Waals surface area contributed by atoms with Gasteiger partial charge in [-0.05, 0) is 43.0 Å². The minimum Gasteiger partial charge on any atom is -0.322 e. The lowest BCUT2D eigenvalue weighted by Crippen LogP contribution is -2.52. The lowest BCUT2D eigenvalue weighted by atomic mass is 10.0. The van der Waals surface area contributed by atoms with Gasteiger partial charge >= 0.3 is 0 Å². The fourth-order valence-corrected chi connectivity index (χ4v) is 4.06. The number of carbonyl (C=O) groups excluding carboxylic acids is 3. The molecule has 0 radical (unpaired) electrons. The van der Waals surface area contributed by atoms with Gasteiger partial charge in [0.05, 0.1) is 0 Å². The third-order valence-electron chi connectivity index (χ3n) is 5.47.